The fourth-order valence-electron chi connectivity index (χ4n) is 2.51. The Morgan fingerprint density at radius 1 is 0.960 bits per heavy atom. The Kier molecular flexibility index (Phi) is 4.09. The van der Waals surface area contributed by atoms with E-state index in [9.17, 15) is 18.0 Å². The summed E-state index contributed by atoms with van der Waals surface area (Å²) in [6.45, 7) is 1.74. The first kappa shape index (κ1) is 17.1. The molecule has 25 heavy (non-hydrogen) atoms. The highest BCUT2D eigenvalue weighted by Gasteiger charge is 2.36. The SMILES string of the molecule is Cc1ccc(N2C(=O)c3ccccc3C2=O)cc1NS(=O)(=O)N(C)C. The van der Waals surface area contributed by atoms with Crippen molar-refractivity contribution < 1.29 is 18.0 Å². The van der Waals surface area contributed by atoms with Crippen molar-refractivity contribution in [1.82, 2.24) is 4.31 Å². The smallest absolute Gasteiger partial charge is 0.271 e. The van der Waals surface area contributed by atoms with Crippen molar-refractivity contribution in [3.63, 3.8) is 0 Å². The molecule has 0 radical (unpaired) electrons. The van der Waals surface area contributed by atoms with Gasteiger partial charge in [-0.25, -0.2) is 4.90 Å². The molecule has 2 aromatic rings. The van der Waals surface area contributed by atoms with Crippen molar-refractivity contribution in [3.05, 3.63) is 59.2 Å². The summed E-state index contributed by atoms with van der Waals surface area (Å²) in [6.07, 6.45) is 0. The number of fused-ring (bicyclic) bond motifs is 1. The second-order valence-corrected chi connectivity index (χ2v) is 7.76. The molecule has 1 heterocycles. The van der Waals surface area contributed by atoms with Crippen molar-refractivity contribution in [3.8, 4) is 0 Å². The van der Waals surface area contributed by atoms with Gasteiger partial charge in [0.25, 0.3) is 11.8 Å². The van der Waals surface area contributed by atoms with E-state index in [1.165, 1.54) is 20.2 Å². The number of imide groups is 1. The van der Waals surface area contributed by atoms with Crippen LogP contribution in [0.15, 0.2) is 42.5 Å². The summed E-state index contributed by atoms with van der Waals surface area (Å²) >= 11 is 0. The third kappa shape index (κ3) is 2.90. The van der Waals surface area contributed by atoms with E-state index < -0.39 is 22.0 Å². The third-order valence-electron chi connectivity index (χ3n) is 3.99. The highest BCUT2D eigenvalue weighted by molar-refractivity contribution is 7.90. The Bertz CT molecular complexity index is 948. The molecule has 0 atom stereocenters. The van der Waals surface area contributed by atoms with E-state index >= 15 is 0 Å². The van der Waals surface area contributed by atoms with Gasteiger partial charge in [0, 0.05) is 14.1 Å². The van der Waals surface area contributed by atoms with Gasteiger partial charge >= 0.3 is 10.2 Å². The number of carbonyl (C=O) groups is 2. The molecule has 1 aliphatic heterocycles. The molecule has 1 N–H and O–H groups in total. The van der Waals surface area contributed by atoms with Gasteiger partial charge in [0.2, 0.25) is 0 Å². The quantitative estimate of drug-likeness (QED) is 0.846. The average molecular weight is 359 g/mol. The van der Waals surface area contributed by atoms with Crippen LogP contribution in [0, 0.1) is 6.92 Å². The molecule has 0 unspecified atom stereocenters. The van der Waals surface area contributed by atoms with Crippen LogP contribution in [0.5, 0.6) is 0 Å². The predicted octanol–water partition coefficient (Wildman–Crippen LogP) is 2.01. The van der Waals surface area contributed by atoms with Gasteiger partial charge < -0.3 is 0 Å². The van der Waals surface area contributed by atoms with Crippen LogP contribution in [-0.4, -0.2) is 38.6 Å². The molecule has 0 spiro atoms. The normalized spacial score (nSPS) is 14.2. The standard InChI is InChI=1S/C17H17N3O4S/c1-11-8-9-12(10-15(11)18-25(23,24)19(2)3)20-16(21)13-6-4-5-7-14(13)17(20)22/h4-10,18H,1-3H3. The number of hydrogen-bond acceptors (Lipinski definition) is 4. The molecule has 7 nitrogen and oxygen atoms in total. The lowest BCUT2D eigenvalue weighted by atomic mass is 10.1. The molecule has 8 heteroatoms. The minimum absolute atomic E-state index is 0.308. The molecule has 130 valence electrons. The Balaban J connectivity index is 2.02. The minimum Gasteiger partial charge on any atom is -0.271 e. The van der Waals surface area contributed by atoms with Gasteiger partial charge in [-0.15, -0.1) is 0 Å². The van der Waals surface area contributed by atoms with Crippen LogP contribution >= 0.6 is 0 Å². The lowest BCUT2D eigenvalue weighted by Gasteiger charge is -2.19. The van der Waals surface area contributed by atoms with E-state index in [4.69, 9.17) is 0 Å². The molecule has 0 fully saturated rings. The number of amides is 2. The summed E-state index contributed by atoms with van der Waals surface area (Å²) < 4.78 is 27.6. The van der Waals surface area contributed by atoms with Gasteiger partial charge in [-0.05, 0) is 36.8 Å². The Hall–Kier alpha value is -2.71. The van der Waals surface area contributed by atoms with Gasteiger partial charge in [-0.2, -0.15) is 12.7 Å². The maximum atomic E-state index is 12.6. The number of benzene rings is 2. The van der Waals surface area contributed by atoms with E-state index in [2.05, 4.69) is 4.72 Å². The number of nitrogens with zero attached hydrogens (tertiary/aromatic N) is 2. The molecule has 2 aromatic carbocycles. The van der Waals surface area contributed by atoms with Crippen LogP contribution in [0.1, 0.15) is 26.3 Å². The zero-order valence-corrected chi connectivity index (χ0v) is 14.8. The number of carbonyl (C=O) groups excluding carboxylic acids is 2. The van der Waals surface area contributed by atoms with Crippen molar-refractivity contribution in [1.29, 1.82) is 0 Å². The van der Waals surface area contributed by atoms with Crippen molar-refractivity contribution in [2.75, 3.05) is 23.7 Å². The lowest BCUT2D eigenvalue weighted by molar-refractivity contribution is 0.0926. The molecular formula is C17H17N3O4S. The summed E-state index contributed by atoms with van der Waals surface area (Å²) in [4.78, 5) is 26.2. The van der Waals surface area contributed by atoms with E-state index in [1.54, 1.807) is 43.3 Å². The lowest BCUT2D eigenvalue weighted by Crippen LogP contribution is -2.31. The maximum Gasteiger partial charge on any atom is 0.301 e. The Labute approximate surface area is 146 Å². The van der Waals surface area contributed by atoms with Crippen molar-refractivity contribution in [2.45, 2.75) is 6.92 Å². The zero-order valence-electron chi connectivity index (χ0n) is 14.0. The van der Waals surface area contributed by atoms with Crippen molar-refractivity contribution in [2.24, 2.45) is 0 Å². The van der Waals surface area contributed by atoms with Crippen LogP contribution in [-0.2, 0) is 10.2 Å². The highest BCUT2D eigenvalue weighted by Crippen LogP contribution is 2.31. The van der Waals surface area contributed by atoms with Crippen molar-refractivity contribution >= 4 is 33.4 Å². The van der Waals surface area contributed by atoms with E-state index in [-0.39, 0.29) is 0 Å². The molecule has 3 rings (SSSR count). The largest absolute Gasteiger partial charge is 0.301 e. The molecule has 0 saturated carbocycles. The number of hydrogen-bond donors (Lipinski definition) is 1. The van der Waals surface area contributed by atoms with Gasteiger partial charge in [0.05, 0.1) is 22.5 Å². The maximum absolute atomic E-state index is 12.6. The number of rotatable bonds is 4. The van der Waals surface area contributed by atoms with Gasteiger partial charge in [-0.1, -0.05) is 18.2 Å². The molecule has 2 amide bonds. The number of nitrogens with one attached hydrogen (secondary N) is 1. The fourth-order valence-corrected chi connectivity index (χ4v) is 3.19. The summed E-state index contributed by atoms with van der Waals surface area (Å²) in [5, 5.41) is 0. The monoisotopic (exact) mass is 359 g/mol. The summed E-state index contributed by atoms with van der Waals surface area (Å²) in [6, 6.07) is 11.3. The summed E-state index contributed by atoms with van der Waals surface area (Å²) in [7, 11) is -0.883. The third-order valence-corrected chi connectivity index (χ3v) is 5.43. The van der Waals surface area contributed by atoms with Crippen LogP contribution < -0.4 is 9.62 Å². The molecule has 0 aliphatic carbocycles. The first-order valence-corrected chi connectivity index (χ1v) is 8.95. The Morgan fingerprint density at radius 2 is 1.52 bits per heavy atom. The second-order valence-electron chi connectivity index (χ2n) is 5.88. The molecule has 1 aliphatic rings. The zero-order chi connectivity index (χ0) is 18.4. The second kappa shape index (κ2) is 5.98. The van der Waals surface area contributed by atoms with Gasteiger partial charge in [0.15, 0.2) is 0 Å². The van der Waals surface area contributed by atoms with E-state index in [1.807, 2.05) is 0 Å². The molecule has 0 saturated heterocycles. The number of anilines is 2. The summed E-state index contributed by atoms with van der Waals surface area (Å²) in [5.74, 6) is -0.850. The average Bonchev–Trinajstić information content (AvgIpc) is 2.81. The Morgan fingerprint density at radius 3 is 2.04 bits per heavy atom. The van der Waals surface area contributed by atoms with E-state index in [0.29, 0.717) is 28.1 Å². The van der Waals surface area contributed by atoms with Gasteiger partial charge in [0.1, 0.15) is 0 Å². The topological polar surface area (TPSA) is 86.8 Å². The minimum atomic E-state index is -3.70. The van der Waals surface area contributed by atoms with Gasteiger partial charge in [-0.3, -0.25) is 14.3 Å². The first-order chi connectivity index (χ1) is 11.7. The molecular weight excluding hydrogens is 342 g/mol. The van der Waals surface area contributed by atoms with Crippen LogP contribution in [0.25, 0.3) is 0 Å². The van der Waals surface area contributed by atoms with Crippen LogP contribution in [0.4, 0.5) is 11.4 Å². The molecule has 0 bridgehead atoms. The molecule has 0 aromatic heterocycles. The first-order valence-electron chi connectivity index (χ1n) is 7.51. The summed E-state index contributed by atoms with van der Waals surface area (Å²) in [5.41, 5.74) is 1.97. The van der Waals surface area contributed by atoms with Crippen LogP contribution in [0.2, 0.25) is 0 Å². The van der Waals surface area contributed by atoms with Crippen LogP contribution in [0.3, 0.4) is 0 Å². The fraction of sp³-hybridized carbons (Fsp3) is 0.176. The predicted molar refractivity (Wildman–Crippen MR) is 95.0 cm³/mol. The highest BCUT2D eigenvalue weighted by atomic mass is 32.2. The number of aryl methyl sites for hydroxylation is 1. The van der Waals surface area contributed by atoms with E-state index in [0.717, 1.165) is 9.21 Å².